The molecule has 58 heavy (non-hydrogen) atoms. The quantitative estimate of drug-likeness (QED) is 0.0826. The molecule has 4 rings (SSSR count). The maximum Gasteiger partial charge on any atom is 0.446 e. The molecule has 3 aromatic rings. The van der Waals surface area contributed by atoms with E-state index >= 15 is 0 Å². The van der Waals surface area contributed by atoms with Gasteiger partial charge in [0.2, 0.25) is 18.1 Å². The van der Waals surface area contributed by atoms with E-state index in [1.807, 2.05) is 48.5 Å². The highest BCUT2D eigenvalue weighted by Gasteiger charge is 2.32. The van der Waals surface area contributed by atoms with Gasteiger partial charge >= 0.3 is 24.4 Å². The molecule has 0 radical (unpaired) electrons. The van der Waals surface area contributed by atoms with Gasteiger partial charge in [0.1, 0.15) is 25.3 Å². The van der Waals surface area contributed by atoms with E-state index in [4.69, 9.17) is 20.0 Å². The highest BCUT2D eigenvalue weighted by Crippen LogP contribution is 2.44. The first-order valence-corrected chi connectivity index (χ1v) is 18.4. The number of benzene rings is 3. The van der Waals surface area contributed by atoms with E-state index in [0.717, 1.165) is 27.8 Å². The Labute approximate surface area is 334 Å². The number of alkyl carbamates (subject to hydrolysis) is 1. The summed E-state index contributed by atoms with van der Waals surface area (Å²) in [5, 5.41) is 13.7. The van der Waals surface area contributed by atoms with Crippen LogP contribution in [0.2, 0.25) is 0 Å². The normalized spacial score (nSPS) is 12.7. The maximum atomic E-state index is 13.6. The smallest absolute Gasteiger partial charge is 0.446 e. The summed E-state index contributed by atoms with van der Waals surface area (Å²) >= 11 is 0. The van der Waals surface area contributed by atoms with Gasteiger partial charge in [0, 0.05) is 38.3 Å². The second kappa shape index (κ2) is 22.5. The van der Waals surface area contributed by atoms with Crippen molar-refractivity contribution in [2.45, 2.75) is 57.5 Å². The fourth-order valence-corrected chi connectivity index (χ4v) is 5.89. The molecule has 0 saturated heterocycles. The van der Waals surface area contributed by atoms with Gasteiger partial charge in [-0.1, -0.05) is 74.5 Å². The lowest BCUT2D eigenvalue weighted by atomic mass is 9.98. The number of nitrogens with one attached hydrogen (secondary N) is 5. The van der Waals surface area contributed by atoms with Gasteiger partial charge in [-0.05, 0) is 65.8 Å². The van der Waals surface area contributed by atoms with Crippen molar-refractivity contribution in [3.8, 4) is 11.1 Å². The van der Waals surface area contributed by atoms with Crippen LogP contribution < -0.4 is 32.3 Å². The van der Waals surface area contributed by atoms with Crippen LogP contribution in [0.15, 0.2) is 72.8 Å². The van der Waals surface area contributed by atoms with Gasteiger partial charge in [-0.3, -0.25) is 14.4 Å². The Morgan fingerprint density at radius 2 is 1.45 bits per heavy atom. The minimum atomic E-state index is -4.64. The second-order valence-corrected chi connectivity index (χ2v) is 13.6. The number of aldehydes is 1. The van der Waals surface area contributed by atoms with Crippen molar-refractivity contribution in [2.24, 2.45) is 11.7 Å². The first-order valence-electron chi connectivity index (χ1n) is 18.4. The number of likely N-dealkylation sites (N-methyl/N-ethyl adjacent to an activating group) is 2. The molecule has 6 amide bonds. The number of anilines is 1. The molecule has 3 aromatic carbocycles. The van der Waals surface area contributed by atoms with E-state index in [2.05, 4.69) is 26.6 Å². The Kier molecular flexibility index (Phi) is 18.0. The van der Waals surface area contributed by atoms with Crippen LogP contribution in [0, 0.1) is 5.92 Å². The molecular weight excluding hydrogens is 763 g/mol. The lowest BCUT2D eigenvalue weighted by Crippen LogP contribution is -2.54. The molecule has 0 spiro atoms. The maximum absolute atomic E-state index is 13.6. The summed E-state index contributed by atoms with van der Waals surface area (Å²) < 4.78 is 42.3. The number of halogens is 3. The summed E-state index contributed by atoms with van der Waals surface area (Å²) in [5.41, 5.74) is 10.7. The number of fused-ring (bicyclic) bond motifs is 3. The molecular formula is C40H50F3N7O8. The Hall–Kier alpha value is -6.17. The average molecular weight is 814 g/mol. The van der Waals surface area contributed by atoms with Gasteiger partial charge in [-0.2, -0.15) is 13.2 Å². The van der Waals surface area contributed by atoms with Gasteiger partial charge in [0.25, 0.3) is 0 Å². The third kappa shape index (κ3) is 14.7. The first-order chi connectivity index (χ1) is 27.5. The highest BCUT2D eigenvalue weighted by atomic mass is 19.4. The fraction of sp³-hybridized carbons (Fsp3) is 0.400. The monoisotopic (exact) mass is 813 g/mol. The van der Waals surface area contributed by atoms with Gasteiger partial charge in [-0.15, -0.1) is 0 Å². The molecule has 0 fully saturated rings. The lowest BCUT2D eigenvalue weighted by molar-refractivity contribution is -0.156. The SMILES string of the molecule is CNCCN(C)C(=O)OCc1ccc(NC(=O)[C@H](CCCNC(N)=O)NC(=O)[C@@H](NC(=O)OCC2c3ccccc3-c3ccccc32)C(C)C)cc1.O=CC(F)(F)F. The number of nitrogens with zero attached hydrogens (tertiary/aromatic N) is 1. The summed E-state index contributed by atoms with van der Waals surface area (Å²) in [6, 6.07) is 20.0. The van der Waals surface area contributed by atoms with E-state index in [1.54, 1.807) is 52.2 Å². The molecule has 0 aromatic heterocycles. The van der Waals surface area contributed by atoms with Gasteiger partial charge in [0.15, 0.2) is 0 Å². The van der Waals surface area contributed by atoms with Crippen LogP contribution in [0.3, 0.4) is 0 Å². The number of primary amides is 1. The molecule has 0 heterocycles. The third-order valence-electron chi connectivity index (χ3n) is 8.89. The minimum absolute atomic E-state index is 0.0514. The first kappa shape index (κ1) is 46.2. The number of hydrogen-bond acceptors (Lipinski definition) is 9. The number of rotatable bonds is 17. The van der Waals surface area contributed by atoms with Crippen molar-refractivity contribution in [3.63, 3.8) is 0 Å². The summed E-state index contributed by atoms with van der Waals surface area (Å²) in [5.74, 6) is -1.55. The lowest BCUT2D eigenvalue weighted by Gasteiger charge is -2.25. The van der Waals surface area contributed by atoms with Crippen molar-refractivity contribution in [2.75, 3.05) is 45.7 Å². The predicted octanol–water partition coefficient (Wildman–Crippen LogP) is 4.66. The zero-order valence-electron chi connectivity index (χ0n) is 32.7. The van der Waals surface area contributed by atoms with Crippen molar-refractivity contribution in [3.05, 3.63) is 89.5 Å². The number of ether oxygens (including phenoxy) is 2. The summed E-state index contributed by atoms with van der Waals surface area (Å²) in [7, 11) is 3.45. The predicted molar refractivity (Wildman–Crippen MR) is 210 cm³/mol. The standard InChI is InChI=1S/C38H49N7O7.C2HF3O/c1-24(2)33(44-37(49)51-23-31-29-12-7-5-10-27(29)28-11-6-8-13-30(28)31)35(47)43-32(14-9-19-41-36(39)48)34(46)42-26-17-15-25(16-18-26)22-52-38(50)45(4)21-20-40-3;3-2(4,5)1-6/h5-8,10-13,15-18,24,31-33,40H,9,14,19-23H2,1-4H3,(H,42,46)(H,43,47)(H,44,49)(H3,39,41,48);1H/t32-,33-;/m0./s1. The topological polar surface area (TPSA) is 210 Å². The van der Waals surface area contributed by atoms with E-state index in [0.29, 0.717) is 25.2 Å². The molecule has 7 N–H and O–H groups in total. The number of alkyl halides is 3. The molecule has 18 heteroatoms. The molecule has 15 nitrogen and oxygen atoms in total. The number of nitrogens with two attached hydrogens (primary N) is 1. The van der Waals surface area contributed by atoms with Crippen molar-refractivity contribution < 1.29 is 51.4 Å². The largest absolute Gasteiger partial charge is 0.449 e. The molecule has 0 unspecified atom stereocenters. The van der Waals surface area contributed by atoms with Crippen LogP contribution in [-0.2, 0) is 30.5 Å². The molecule has 0 saturated carbocycles. The third-order valence-corrected chi connectivity index (χ3v) is 8.89. The van der Waals surface area contributed by atoms with E-state index < -0.39 is 54.6 Å². The summed E-state index contributed by atoms with van der Waals surface area (Å²) in [6.45, 7) is 5.02. The Morgan fingerprint density at radius 3 is 1.98 bits per heavy atom. The van der Waals surface area contributed by atoms with Crippen LogP contribution in [0.25, 0.3) is 11.1 Å². The van der Waals surface area contributed by atoms with E-state index in [9.17, 15) is 37.1 Å². The number of hydrogen-bond donors (Lipinski definition) is 6. The summed E-state index contributed by atoms with van der Waals surface area (Å²) in [6.07, 6.45) is -6.40. The minimum Gasteiger partial charge on any atom is -0.449 e. The molecule has 2 atom stereocenters. The number of carbonyl (C=O) groups excluding carboxylic acids is 6. The van der Waals surface area contributed by atoms with Crippen LogP contribution in [0.5, 0.6) is 0 Å². The van der Waals surface area contributed by atoms with Crippen LogP contribution in [-0.4, -0.2) is 99.8 Å². The summed E-state index contributed by atoms with van der Waals surface area (Å²) in [4.78, 5) is 73.7. The van der Waals surface area contributed by atoms with E-state index in [1.165, 1.54) is 4.90 Å². The Bertz CT molecular complexity index is 1810. The molecule has 0 aliphatic heterocycles. The zero-order chi connectivity index (χ0) is 42.8. The Morgan fingerprint density at radius 1 is 0.862 bits per heavy atom. The van der Waals surface area contributed by atoms with Gasteiger partial charge in [-0.25, -0.2) is 14.4 Å². The fourth-order valence-electron chi connectivity index (χ4n) is 5.89. The number of amides is 6. The molecule has 1 aliphatic rings. The van der Waals surface area contributed by atoms with Crippen molar-refractivity contribution in [1.29, 1.82) is 0 Å². The Balaban J connectivity index is 0.00000139. The van der Waals surface area contributed by atoms with Crippen LogP contribution in [0.4, 0.5) is 33.2 Å². The molecule has 314 valence electrons. The molecule has 1 aliphatic carbocycles. The highest BCUT2D eigenvalue weighted by molar-refractivity contribution is 5.98. The van der Waals surface area contributed by atoms with E-state index in [-0.39, 0.29) is 38.0 Å². The van der Waals surface area contributed by atoms with Crippen LogP contribution in [0.1, 0.15) is 49.3 Å². The second-order valence-electron chi connectivity index (χ2n) is 13.6. The zero-order valence-corrected chi connectivity index (χ0v) is 32.7. The van der Waals surface area contributed by atoms with Gasteiger partial charge in [0.05, 0.1) is 0 Å². The number of urea groups is 1. The number of carbonyl (C=O) groups is 6. The van der Waals surface area contributed by atoms with Crippen molar-refractivity contribution in [1.82, 2.24) is 26.2 Å². The molecule has 0 bridgehead atoms. The average Bonchev–Trinajstić information content (AvgIpc) is 3.51. The van der Waals surface area contributed by atoms with Crippen LogP contribution >= 0.6 is 0 Å². The van der Waals surface area contributed by atoms with Gasteiger partial charge < -0.3 is 46.7 Å². The van der Waals surface area contributed by atoms with Crippen molar-refractivity contribution >= 4 is 42.0 Å².